The van der Waals surface area contributed by atoms with Crippen LogP contribution < -0.4 is 16.8 Å². The molecule has 210 valence electrons. The lowest BCUT2D eigenvalue weighted by molar-refractivity contribution is -0.138. The van der Waals surface area contributed by atoms with Crippen molar-refractivity contribution in [2.24, 2.45) is 17.4 Å². The van der Waals surface area contributed by atoms with Crippen LogP contribution in [0.5, 0.6) is 0 Å². The molecule has 6 N–H and O–H groups in total. The van der Waals surface area contributed by atoms with Crippen LogP contribution in [0.25, 0.3) is 21.6 Å². The third-order valence-corrected chi connectivity index (χ3v) is 7.52. The fourth-order valence-electron chi connectivity index (χ4n) is 4.26. The van der Waals surface area contributed by atoms with Gasteiger partial charge in [0.1, 0.15) is 0 Å². The summed E-state index contributed by atoms with van der Waals surface area (Å²) < 4.78 is 0. The number of carboxylic acids is 1. The van der Waals surface area contributed by atoms with Crippen molar-refractivity contribution >= 4 is 40.8 Å². The zero-order chi connectivity index (χ0) is 29.1. The van der Waals surface area contributed by atoms with E-state index in [1.807, 2.05) is 42.5 Å². The number of benzene rings is 2. The Labute approximate surface area is 236 Å². The topological polar surface area (TPSA) is 170 Å². The first-order chi connectivity index (χ1) is 19.1. The van der Waals surface area contributed by atoms with Crippen molar-refractivity contribution in [3.63, 3.8) is 0 Å². The summed E-state index contributed by atoms with van der Waals surface area (Å²) in [5.41, 5.74) is 14.9. The molecule has 2 atom stereocenters. The van der Waals surface area contributed by atoms with Gasteiger partial charge in [0.05, 0.1) is 6.04 Å². The Bertz CT molecular complexity index is 1340. The highest BCUT2D eigenvalue weighted by Gasteiger charge is 2.27. The van der Waals surface area contributed by atoms with Crippen molar-refractivity contribution < 1.29 is 29.1 Å². The number of aryl methyl sites for hydroxylation is 1. The van der Waals surface area contributed by atoms with Crippen LogP contribution in [0.4, 0.5) is 0 Å². The first kappa shape index (κ1) is 30.2. The summed E-state index contributed by atoms with van der Waals surface area (Å²) in [5.74, 6) is -4.42. The van der Waals surface area contributed by atoms with Crippen molar-refractivity contribution in [3.05, 3.63) is 71.6 Å². The Kier molecular flexibility index (Phi) is 11.1. The lowest BCUT2D eigenvalue weighted by Crippen LogP contribution is -2.43. The molecule has 9 nitrogen and oxygen atoms in total. The van der Waals surface area contributed by atoms with E-state index in [2.05, 4.69) is 28.9 Å². The number of amides is 3. The zero-order valence-electron chi connectivity index (χ0n) is 22.0. The number of Topliss-reactive ketones (excluding diaryl/α,β-unsaturated/α-hetero) is 1. The minimum atomic E-state index is -1.11. The second-order valence-corrected chi connectivity index (χ2v) is 10.5. The molecule has 0 aliphatic heterocycles. The molecule has 0 aliphatic rings. The van der Waals surface area contributed by atoms with Gasteiger partial charge in [-0.1, -0.05) is 54.6 Å². The van der Waals surface area contributed by atoms with Crippen LogP contribution in [0, 0.1) is 5.92 Å². The summed E-state index contributed by atoms with van der Waals surface area (Å²) in [6.45, 7) is 0. The van der Waals surface area contributed by atoms with Crippen LogP contribution in [0.15, 0.2) is 66.0 Å². The van der Waals surface area contributed by atoms with E-state index in [4.69, 9.17) is 16.6 Å². The number of nitrogens with two attached hydrogens (primary N) is 2. The fourth-order valence-corrected chi connectivity index (χ4v) is 5.18. The molecule has 3 rings (SSSR count). The predicted molar refractivity (Wildman–Crippen MR) is 153 cm³/mol. The van der Waals surface area contributed by atoms with Crippen molar-refractivity contribution in [1.82, 2.24) is 5.32 Å². The van der Waals surface area contributed by atoms with Gasteiger partial charge in [-0.25, -0.2) is 0 Å². The van der Waals surface area contributed by atoms with Gasteiger partial charge in [-0.05, 0) is 53.0 Å². The Morgan fingerprint density at radius 3 is 2.15 bits per heavy atom. The molecule has 0 saturated heterocycles. The molecule has 0 unspecified atom stereocenters. The van der Waals surface area contributed by atoms with Gasteiger partial charge in [0, 0.05) is 36.5 Å². The minimum absolute atomic E-state index is 0.0230. The molecule has 1 aromatic heterocycles. The van der Waals surface area contributed by atoms with Gasteiger partial charge in [-0.3, -0.25) is 24.0 Å². The van der Waals surface area contributed by atoms with Crippen molar-refractivity contribution in [1.29, 1.82) is 0 Å². The zero-order valence-corrected chi connectivity index (χ0v) is 22.8. The Balaban J connectivity index is 1.57. The smallest absolute Gasteiger partial charge is 0.303 e. The number of carboxylic acid groups (broad SMARTS) is 1. The SMILES string of the molecule is NC(=O)CC[C@H](NC(=O)CCc1ccc(-c2cc(-c3ccccc3)cs2)cc1)C(=O)C[C@H](CCC(=O)O)C(N)=O. The second-order valence-electron chi connectivity index (χ2n) is 9.59. The molecule has 0 spiro atoms. The molecule has 3 amide bonds. The van der Waals surface area contributed by atoms with E-state index in [9.17, 15) is 24.0 Å². The average Bonchev–Trinajstić information content (AvgIpc) is 3.43. The van der Waals surface area contributed by atoms with Gasteiger partial charge in [0.15, 0.2) is 5.78 Å². The molecular weight excluding hydrogens is 530 g/mol. The Hall–Kier alpha value is -4.31. The van der Waals surface area contributed by atoms with Gasteiger partial charge in [-0.2, -0.15) is 0 Å². The molecule has 10 heteroatoms. The number of ketones is 1. The molecule has 0 aliphatic carbocycles. The number of rotatable bonds is 16. The summed E-state index contributed by atoms with van der Waals surface area (Å²) in [7, 11) is 0. The number of nitrogens with one attached hydrogen (secondary N) is 1. The van der Waals surface area contributed by atoms with Crippen molar-refractivity contribution in [2.45, 2.75) is 51.0 Å². The summed E-state index contributed by atoms with van der Waals surface area (Å²) >= 11 is 1.66. The van der Waals surface area contributed by atoms with E-state index in [0.717, 1.165) is 27.1 Å². The van der Waals surface area contributed by atoms with Crippen molar-refractivity contribution in [3.8, 4) is 21.6 Å². The van der Waals surface area contributed by atoms with Crippen LogP contribution in [0.2, 0.25) is 0 Å². The lowest BCUT2D eigenvalue weighted by Gasteiger charge is -2.20. The van der Waals surface area contributed by atoms with Gasteiger partial charge >= 0.3 is 5.97 Å². The highest BCUT2D eigenvalue weighted by atomic mass is 32.1. The largest absolute Gasteiger partial charge is 0.481 e. The van der Waals surface area contributed by atoms with E-state index in [1.165, 1.54) is 0 Å². The molecule has 3 aromatic rings. The van der Waals surface area contributed by atoms with Crippen LogP contribution in [0.1, 0.15) is 44.1 Å². The predicted octanol–water partition coefficient (Wildman–Crippen LogP) is 3.69. The molecule has 2 aromatic carbocycles. The van der Waals surface area contributed by atoms with Gasteiger partial charge < -0.3 is 21.9 Å². The van der Waals surface area contributed by atoms with Gasteiger partial charge in [0.2, 0.25) is 17.7 Å². The number of carbonyl (C=O) groups excluding carboxylic acids is 4. The second kappa shape index (κ2) is 14.7. The molecule has 1 heterocycles. The minimum Gasteiger partial charge on any atom is -0.481 e. The summed E-state index contributed by atoms with van der Waals surface area (Å²) in [5, 5.41) is 13.6. The highest BCUT2D eigenvalue weighted by molar-refractivity contribution is 7.14. The van der Waals surface area contributed by atoms with E-state index in [0.29, 0.717) is 6.42 Å². The highest BCUT2D eigenvalue weighted by Crippen LogP contribution is 2.32. The Morgan fingerprint density at radius 2 is 1.52 bits per heavy atom. The Morgan fingerprint density at radius 1 is 0.825 bits per heavy atom. The van der Waals surface area contributed by atoms with Crippen LogP contribution in [-0.4, -0.2) is 40.6 Å². The van der Waals surface area contributed by atoms with Crippen molar-refractivity contribution in [2.75, 3.05) is 0 Å². The quantitative estimate of drug-likeness (QED) is 0.207. The molecule has 0 fully saturated rings. The first-order valence-corrected chi connectivity index (χ1v) is 13.8. The maximum Gasteiger partial charge on any atom is 0.303 e. The number of hydrogen-bond acceptors (Lipinski definition) is 6. The maximum atomic E-state index is 12.9. The number of primary amides is 2. The molecular formula is C30H33N3O6S. The van der Waals surface area contributed by atoms with E-state index in [1.54, 1.807) is 11.3 Å². The molecule has 0 radical (unpaired) electrons. The van der Waals surface area contributed by atoms with E-state index in [-0.39, 0.29) is 44.4 Å². The molecule has 0 bridgehead atoms. The standard InChI is InChI=1S/C30H33N3O6S/c31-27(35)13-12-24(25(34)16-22(30(32)39)11-15-29(37)38)33-28(36)14-8-19-6-9-21(10-7-19)26-17-23(18-40-26)20-4-2-1-3-5-20/h1-7,9-10,17-18,22,24H,8,11-16H2,(H2,31,35)(H2,32,39)(H,33,36)(H,37,38)/t22-,24-/m0/s1. The number of thiophene rings is 1. The number of hydrogen-bond donors (Lipinski definition) is 4. The van der Waals surface area contributed by atoms with Crippen LogP contribution >= 0.6 is 11.3 Å². The fraction of sp³-hybridized carbons (Fsp3) is 0.300. The first-order valence-electron chi connectivity index (χ1n) is 13.0. The normalized spacial score (nSPS) is 12.3. The maximum absolute atomic E-state index is 12.9. The number of aliphatic carboxylic acids is 1. The van der Waals surface area contributed by atoms with Crippen LogP contribution in [-0.2, 0) is 30.4 Å². The monoisotopic (exact) mass is 563 g/mol. The number of carbonyl (C=O) groups is 5. The van der Waals surface area contributed by atoms with E-state index < -0.39 is 35.5 Å². The van der Waals surface area contributed by atoms with E-state index >= 15 is 0 Å². The summed E-state index contributed by atoms with van der Waals surface area (Å²) in [6.07, 6.45) is -0.364. The third-order valence-electron chi connectivity index (χ3n) is 6.55. The third kappa shape index (κ3) is 9.46. The van der Waals surface area contributed by atoms with Crippen LogP contribution in [0.3, 0.4) is 0 Å². The molecule has 0 saturated carbocycles. The van der Waals surface area contributed by atoms with Gasteiger partial charge in [-0.15, -0.1) is 11.3 Å². The summed E-state index contributed by atoms with van der Waals surface area (Å²) in [4.78, 5) is 60.6. The molecule has 40 heavy (non-hydrogen) atoms. The lowest BCUT2D eigenvalue weighted by atomic mass is 9.92. The summed E-state index contributed by atoms with van der Waals surface area (Å²) in [6, 6.07) is 19.2. The van der Waals surface area contributed by atoms with Gasteiger partial charge in [0.25, 0.3) is 0 Å². The average molecular weight is 564 g/mol.